The van der Waals surface area contributed by atoms with Crippen LogP contribution >= 0.6 is 0 Å². The standard InChI is InChI=1S/C15H22N4O5/c1-5-24-15(21)12-6-11(14(20)22-4)10(3)17-13(12)8-23-7-9(2)18-19-16/h9,17H,5-8H2,1-4H3. The second-order valence-corrected chi connectivity index (χ2v) is 5.14. The van der Waals surface area contributed by atoms with Gasteiger partial charge in [-0.2, -0.15) is 0 Å². The van der Waals surface area contributed by atoms with Crippen LogP contribution in [0.1, 0.15) is 27.2 Å². The van der Waals surface area contributed by atoms with E-state index in [-0.39, 0.29) is 32.3 Å². The molecule has 9 heteroatoms. The van der Waals surface area contributed by atoms with E-state index in [1.807, 2.05) is 0 Å². The third kappa shape index (κ3) is 5.29. The predicted octanol–water partition coefficient (Wildman–Crippen LogP) is 1.96. The summed E-state index contributed by atoms with van der Waals surface area (Å²) in [7, 11) is 1.28. The number of esters is 2. The first-order chi connectivity index (χ1) is 11.4. The van der Waals surface area contributed by atoms with Crippen molar-refractivity contribution >= 4 is 11.9 Å². The lowest BCUT2D eigenvalue weighted by atomic mass is 9.98. The Morgan fingerprint density at radius 3 is 2.67 bits per heavy atom. The number of nitrogens with one attached hydrogen (secondary N) is 1. The predicted molar refractivity (Wildman–Crippen MR) is 85.6 cm³/mol. The van der Waals surface area contributed by atoms with Crippen LogP contribution in [0.2, 0.25) is 0 Å². The van der Waals surface area contributed by atoms with Gasteiger partial charge in [-0.05, 0) is 19.4 Å². The van der Waals surface area contributed by atoms with Crippen molar-refractivity contribution in [1.82, 2.24) is 5.32 Å². The highest BCUT2D eigenvalue weighted by Gasteiger charge is 2.28. The molecule has 24 heavy (non-hydrogen) atoms. The molecule has 1 N–H and O–H groups in total. The van der Waals surface area contributed by atoms with E-state index in [1.54, 1.807) is 20.8 Å². The highest BCUT2D eigenvalue weighted by molar-refractivity contribution is 5.96. The molecule has 0 saturated carbocycles. The van der Waals surface area contributed by atoms with Crippen LogP contribution in [-0.2, 0) is 23.8 Å². The SMILES string of the molecule is CCOC(=O)C1=C(COCC(C)N=[N+]=[N-])NC(C)=C(C(=O)OC)C1. The summed E-state index contributed by atoms with van der Waals surface area (Å²) in [5.41, 5.74) is 10.2. The van der Waals surface area contributed by atoms with Gasteiger partial charge in [-0.15, -0.1) is 0 Å². The van der Waals surface area contributed by atoms with Gasteiger partial charge in [0.15, 0.2) is 0 Å². The van der Waals surface area contributed by atoms with Crippen LogP contribution in [0.4, 0.5) is 0 Å². The van der Waals surface area contributed by atoms with Gasteiger partial charge in [0.25, 0.3) is 0 Å². The number of methoxy groups -OCH3 is 1. The van der Waals surface area contributed by atoms with Gasteiger partial charge in [0, 0.05) is 17.0 Å². The van der Waals surface area contributed by atoms with Gasteiger partial charge < -0.3 is 19.5 Å². The zero-order valence-corrected chi connectivity index (χ0v) is 14.3. The Morgan fingerprint density at radius 2 is 2.08 bits per heavy atom. The molecule has 0 bridgehead atoms. The molecule has 0 saturated heterocycles. The fourth-order valence-electron chi connectivity index (χ4n) is 2.13. The Morgan fingerprint density at radius 1 is 1.38 bits per heavy atom. The van der Waals surface area contributed by atoms with Gasteiger partial charge in [-0.3, -0.25) is 0 Å². The minimum atomic E-state index is -0.513. The summed E-state index contributed by atoms with van der Waals surface area (Å²) in [5.74, 6) is -1.01. The summed E-state index contributed by atoms with van der Waals surface area (Å²) in [5, 5.41) is 6.51. The second-order valence-electron chi connectivity index (χ2n) is 5.14. The van der Waals surface area contributed by atoms with Crippen molar-refractivity contribution in [2.24, 2.45) is 5.11 Å². The van der Waals surface area contributed by atoms with Gasteiger partial charge in [0.2, 0.25) is 0 Å². The maximum absolute atomic E-state index is 12.2. The summed E-state index contributed by atoms with van der Waals surface area (Å²) in [6, 6.07) is -0.326. The van der Waals surface area contributed by atoms with E-state index in [0.717, 1.165) is 0 Å². The van der Waals surface area contributed by atoms with Crippen molar-refractivity contribution in [3.8, 4) is 0 Å². The zero-order chi connectivity index (χ0) is 18.1. The van der Waals surface area contributed by atoms with Crippen LogP contribution in [0.25, 0.3) is 10.4 Å². The maximum Gasteiger partial charge on any atom is 0.336 e. The first-order valence-electron chi connectivity index (χ1n) is 7.50. The molecular formula is C15H22N4O5. The Bertz CT molecular complexity index is 605. The number of hydrogen-bond acceptors (Lipinski definition) is 7. The average molecular weight is 338 g/mol. The number of dihydropyridines is 1. The van der Waals surface area contributed by atoms with E-state index in [1.165, 1.54) is 7.11 Å². The molecule has 0 spiro atoms. The Labute approximate surface area is 140 Å². The largest absolute Gasteiger partial charge is 0.466 e. The molecule has 1 unspecified atom stereocenters. The Kier molecular flexibility index (Phi) is 7.81. The summed E-state index contributed by atoms with van der Waals surface area (Å²) in [6.07, 6.45) is 0.106. The monoisotopic (exact) mass is 338 g/mol. The van der Waals surface area contributed by atoms with Gasteiger partial charge in [-0.25, -0.2) is 9.59 Å². The third-order valence-corrected chi connectivity index (χ3v) is 3.32. The number of carbonyl (C=O) groups excluding carboxylic acids is 2. The van der Waals surface area contributed by atoms with Crippen LogP contribution in [0.15, 0.2) is 27.7 Å². The molecule has 0 fully saturated rings. The maximum atomic E-state index is 12.2. The minimum absolute atomic E-state index is 0.102. The fourth-order valence-corrected chi connectivity index (χ4v) is 2.13. The first-order valence-corrected chi connectivity index (χ1v) is 7.50. The van der Waals surface area contributed by atoms with E-state index >= 15 is 0 Å². The topological polar surface area (TPSA) is 123 Å². The van der Waals surface area contributed by atoms with Crippen LogP contribution in [0, 0.1) is 0 Å². The van der Waals surface area contributed by atoms with Gasteiger partial charge in [0.05, 0.1) is 49.8 Å². The molecule has 9 nitrogen and oxygen atoms in total. The van der Waals surface area contributed by atoms with Crippen molar-refractivity contribution in [3.63, 3.8) is 0 Å². The van der Waals surface area contributed by atoms with Crippen LogP contribution < -0.4 is 5.32 Å². The molecule has 0 radical (unpaired) electrons. The number of allylic oxidation sites excluding steroid dienone is 1. The fraction of sp³-hybridized carbons (Fsp3) is 0.600. The van der Waals surface area contributed by atoms with Gasteiger partial charge in [-0.1, -0.05) is 12.0 Å². The van der Waals surface area contributed by atoms with E-state index < -0.39 is 11.9 Å². The molecule has 0 amide bonds. The van der Waals surface area contributed by atoms with Crippen LogP contribution in [0.3, 0.4) is 0 Å². The lowest BCUT2D eigenvalue weighted by Crippen LogP contribution is -2.30. The van der Waals surface area contributed by atoms with E-state index in [4.69, 9.17) is 19.7 Å². The second kappa shape index (κ2) is 9.59. The molecule has 132 valence electrons. The third-order valence-electron chi connectivity index (χ3n) is 3.32. The van der Waals surface area contributed by atoms with Gasteiger partial charge in [0.1, 0.15) is 0 Å². The lowest BCUT2D eigenvalue weighted by Gasteiger charge is -2.24. The number of hydrogen-bond donors (Lipinski definition) is 1. The summed E-state index contributed by atoms with van der Waals surface area (Å²) >= 11 is 0. The van der Waals surface area contributed by atoms with Crippen LogP contribution in [-0.4, -0.2) is 44.9 Å². The molecule has 0 aromatic heterocycles. The van der Waals surface area contributed by atoms with Crippen molar-refractivity contribution < 1.29 is 23.8 Å². The normalized spacial score (nSPS) is 15.3. The highest BCUT2D eigenvalue weighted by atomic mass is 16.5. The van der Waals surface area contributed by atoms with Crippen LogP contribution in [0.5, 0.6) is 0 Å². The zero-order valence-electron chi connectivity index (χ0n) is 14.3. The molecule has 1 atom stereocenters. The van der Waals surface area contributed by atoms with E-state index in [9.17, 15) is 9.59 Å². The smallest absolute Gasteiger partial charge is 0.336 e. The molecular weight excluding hydrogens is 316 g/mol. The Hall–Kier alpha value is -2.51. The van der Waals surface area contributed by atoms with Crippen molar-refractivity contribution in [3.05, 3.63) is 33.0 Å². The minimum Gasteiger partial charge on any atom is -0.466 e. The lowest BCUT2D eigenvalue weighted by molar-refractivity contribution is -0.138. The summed E-state index contributed by atoms with van der Waals surface area (Å²) in [4.78, 5) is 26.7. The number of azide groups is 1. The molecule has 1 rings (SSSR count). The molecule has 1 aliphatic heterocycles. The quantitative estimate of drug-likeness (QED) is 0.312. The van der Waals surface area contributed by atoms with Crippen molar-refractivity contribution in [2.75, 3.05) is 26.9 Å². The first kappa shape index (κ1) is 19.5. The number of rotatable bonds is 8. The molecule has 1 heterocycles. The molecule has 1 aliphatic rings. The van der Waals surface area contributed by atoms with Crippen molar-refractivity contribution in [1.29, 1.82) is 0 Å². The van der Waals surface area contributed by atoms with Crippen molar-refractivity contribution in [2.45, 2.75) is 33.2 Å². The number of carbonyl (C=O) groups is 2. The molecule has 0 aliphatic carbocycles. The average Bonchev–Trinajstić information content (AvgIpc) is 2.54. The van der Waals surface area contributed by atoms with E-state index in [2.05, 4.69) is 15.3 Å². The number of ether oxygens (including phenoxy) is 3. The molecule has 0 aromatic carbocycles. The van der Waals surface area contributed by atoms with Gasteiger partial charge >= 0.3 is 11.9 Å². The molecule has 0 aromatic rings. The number of nitrogens with zero attached hydrogens (tertiary/aromatic N) is 3. The Balaban J connectivity index is 2.91. The van der Waals surface area contributed by atoms with E-state index in [0.29, 0.717) is 22.5 Å². The highest BCUT2D eigenvalue weighted by Crippen LogP contribution is 2.25. The summed E-state index contributed by atoms with van der Waals surface area (Å²) < 4.78 is 15.3. The summed E-state index contributed by atoms with van der Waals surface area (Å²) in [6.45, 7) is 5.67.